The molecule has 2 aromatic heterocycles. The van der Waals surface area contributed by atoms with Crippen LogP contribution in [0.1, 0.15) is 22.6 Å². The number of anilines is 2. The molecular weight excluding hydrogens is 458 g/mol. The number of pyridine rings is 1. The molecule has 0 amide bonds. The fraction of sp³-hybridized carbons (Fsp3) is 0.214. The third kappa shape index (κ3) is 4.55. The fourth-order valence-electron chi connectivity index (χ4n) is 4.89. The minimum atomic E-state index is 0.663. The zero-order chi connectivity index (χ0) is 23.6. The lowest BCUT2D eigenvalue weighted by Gasteiger charge is -2.34. The molecule has 6 rings (SSSR count). The van der Waals surface area contributed by atoms with E-state index in [-0.39, 0.29) is 0 Å². The fourth-order valence-corrected chi connectivity index (χ4v) is 5.06. The van der Waals surface area contributed by atoms with Crippen LogP contribution in [0.2, 0.25) is 5.02 Å². The SMILES string of the molecule is Clc1ccc2c(c1)C(c1ccccc1)=C(c1cc(CN3CCN(c4ccccn4)CC3)no1)CN2. The van der Waals surface area contributed by atoms with Crippen molar-refractivity contribution in [3.05, 3.63) is 107 Å². The number of nitrogens with one attached hydrogen (secondary N) is 1. The zero-order valence-electron chi connectivity index (χ0n) is 19.3. The van der Waals surface area contributed by atoms with Crippen LogP contribution >= 0.6 is 11.6 Å². The third-order valence-corrected chi connectivity index (χ3v) is 6.89. The van der Waals surface area contributed by atoms with E-state index in [0.717, 1.165) is 78.0 Å². The molecule has 2 aliphatic rings. The van der Waals surface area contributed by atoms with Crippen LogP contribution in [0.3, 0.4) is 0 Å². The Balaban J connectivity index is 1.24. The van der Waals surface area contributed by atoms with Gasteiger partial charge in [-0.05, 0) is 41.5 Å². The van der Waals surface area contributed by atoms with Gasteiger partial charge in [0.25, 0.3) is 0 Å². The quantitative estimate of drug-likeness (QED) is 0.408. The van der Waals surface area contributed by atoms with Crippen molar-refractivity contribution < 1.29 is 4.52 Å². The number of hydrogen-bond acceptors (Lipinski definition) is 6. The molecule has 0 bridgehead atoms. The monoisotopic (exact) mass is 483 g/mol. The van der Waals surface area contributed by atoms with Crippen LogP contribution in [0.15, 0.2) is 83.5 Å². The van der Waals surface area contributed by atoms with Crippen molar-refractivity contribution in [2.24, 2.45) is 0 Å². The number of rotatable bonds is 5. The van der Waals surface area contributed by atoms with E-state index in [0.29, 0.717) is 11.6 Å². The van der Waals surface area contributed by atoms with Gasteiger partial charge >= 0.3 is 0 Å². The molecule has 2 aliphatic heterocycles. The molecule has 0 saturated carbocycles. The third-order valence-electron chi connectivity index (χ3n) is 6.66. The van der Waals surface area contributed by atoms with Crippen molar-refractivity contribution in [2.45, 2.75) is 6.54 Å². The minimum absolute atomic E-state index is 0.663. The molecule has 0 unspecified atom stereocenters. The summed E-state index contributed by atoms with van der Waals surface area (Å²) in [4.78, 5) is 9.23. The molecular formula is C28H26ClN5O. The van der Waals surface area contributed by atoms with E-state index >= 15 is 0 Å². The molecule has 176 valence electrons. The standard InChI is InChI=1S/C28H26ClN5O/c29-21-9-10-25-23(16-21)28(20-6-2-1-3-7-20)24(18-31-25)26-17-22(32-35-26)19-33-12-14-34(15-13-33)27-8-4-5-11-30-27/h1-11,16-17,31H,12-15,18-19H2. The molecule has 1 saturated heterocycles. The van der Waals surface area contributed by atoms with Gasteiger partial charge in [0.2, 0.25) is 0 Å². The van der Waals surface area contributed by atoms with E-state index in [4.69, 9.17) is 16.1 Å². The lowest BCUT2D eigenvalue weighted by molar-refractivity contribution is 0.241. The molecule has 0 aliphatic carbocycles. The van der Waals surface area contributed by atoms with E-state index in [1.165, 1.54) is 0 Å². The van der Waals surface area contributed by atoms with Crippen molar-refractivity contribution in [3.63, 3.8) is 0 Å². The molecule has 1 fully saturated rings. The summed E-state index contributed by atoms with van der Waals surface area (Å²) >= 11 is 6.39. The Kier molecular flexibility index (Phi) is 5.98. The number of piperazine rings is 1. The van der Waals surface area contributed by atoms with E-state index in [1.807, 2.05) is 42.6 Å². The predicted octanol–water partition coefficient (Wildman–Crippen LogP) is 5.43. The van der Waals surface area contributed by atoms with Crippen LogP contribution in [0.5, 0.6) is 0 Å². The van der Waals surface area contributed by atoms with E-state index in [9.17, 15) is 0 Å². The Morgan fingerprint density at radius 1 is 0.914 bits per heavy atom. The number of benzene rings is 2. The van der Waals surface area contributed by atoms with Gasteiger partial charge in [-0.2, -0.15) is 0 Å². The highest BCUT2D eigenvalue weighted by molar-refractivity contribution is 6.31. The molecule has 7 heteroatoms. The van der Waals surface area contributed by atoms with Crippen LogP contribution in [-0.2, 0) is 6.54 Å². The Hall–Kier alpha value is -3.61. The first-order valence-corrected chi connectivity index (χ1v) is 12.3. The van der Waals surface area contributed by atoms with Gasteiger partial charge in [0, 0.05) is 73.4 Å². The first kappa shape index (κ1) is 21.9. The summed E-state index contributed by atoms with van der Waals surface area (Å²) in [6, 6.07) is 24.5. The summed E-state index contributed by atoms with van der Waals surface area (Å²) in [5.41, 5.74) is 6.45. The Morgan fingerprint density at radius 3 is 2.54 bits per heavy atom. The molecule has 35 heavy (non-hydrogen) atoms. The van der Waals surface area contributed by atoms with Crippen molar-refractivity contribution in [3.8, 4) is 0 Å². The normalized spacial score (nSPS) is 16.2. The van der Waals surface area contributed by atoms with Crippen LogP contribution in [0.4, 0.5) is 11.5 Å². The number of aromatic nitrogens is 2. The second-order valence-electron chi connectivity index (χ2n) is 8.90. The smallest absolute Gasteiger partial charge is 0.165 e. The predicted molar refractivity (Wildman–Crippen MR) is 141 cm³/mol. The largest absolute Gasteiger partial charge is 0.380 e. The van der Waals surface area contributed by atoms with E-state index in [1.54, 1.807) is 0 Å². The van der Waals surface area contributed by atoms with Gasteiger partial charge < -0.3 is 14.7 Å². The summed E-state index contributed by atoms with van der Waals surface area (Å²) in [6.07, 6.45) is 1.85. The second kappa shape index (κ2) is 9.56. The average molecular weight is 484 g/mol. The van der Waals surface area contributed by atoms with Gasteiger partial charge in [0.1, 0.15) is 5.82 Å². The maximum Gasteiger partial charge on any atom is 0.165 e. The molecule has 4 heterocycles. The van der Waals surface area contributed by atoms with Crippen LogP contribution < -0.4 is 10.2 Å². The summed E-state index contributed by atoms with van der Waals surface area (Å²) in [5, 5.41) is 8.67. The number of fused-ring (bicyclic) bond motifs is 1. The second-order valence-corrected chi connectivity index (χ2v) is 9.33. The van der Waals surface area contributed by atoms with Gasteiger partial charge in [-0.25, -0.2) is 4.98 Å². The zero-order valence-corrected chi connectivity index (χ0v) is 20.1. The Morgan fingerprint density at radius 2 is 1.74 bits per heavy atom. The van der Waals surface area contributed by atoms with Gasteiger partial charge in [0.15, 0.2) is 5.76 Å². The summed E-state index contributed by atoms with van der Waals surface area (Å²) in [5.74, 6) is 1.84. The molecule has 0 atom stereocenters. The summed E-state index contributed by atoms with van der Waals surface area (Å²) in [6.45, 7) is 5.26. The summed E-state index contributed by atoms with van der Waals surface area (Å²) in [7, 11) is 0. The maximum absolute atomic E-state index is 6.39. The van der Waals surface area contributed by atoms with E-state index in [2.05, 4.69) is 61.7 Å². The van der Waals surface area contributed by atoms with Crippen LogP contribution in [0.25, 0.3) is 11.1 Å². The highest BCUT2D eigenvalue weighted by atomic mass is 35.5. The highest BCUT2D eigenvalue weighted by Crippen LogP contribution is 2.40. The van der Waals surface area contributed by atoms with Crippen molar-refractivity contribution in [1.82, 2.24) is 15.0 Å². The lowest BCUT2D eigenvalue weighted by atomic mass is 9.88. The molecule has 2 aromatic carbocycles. The maximum atomic E-state index is 6.39. The topological polar surface area (TPSA) is 57.4 Å². The molecule has 0 spiro atoms. The highest BCUT2D eigenvalue weighted by Gasteiger charge is 2.25. The van der Waals surface area contributed by atoms with Crippen molar-refractivity contribution in [2.75, 3.05) is 42.9 Å². The first-order chi connectivity index (χ1) is 17.2. The average Bonchev–Trinajstić information content (AvgIpc) is 3.37. The number of hydrogen-bond donors (Lipinski definition) is 1. The molecule has 4 aromatic rings. The van der Waals surface area contributed by atoms with E-state index < -0.39 is 0 Å². The Labute approximate surface area is 209 Å². The minimum Gasteiger partial charge on any atom is -0.380 e. The number of nitrogens with zero attached hydrogens (tertiary/aromatic N) is 4. The number of halogens is 1. The van der Waals surface area contributed by atoms with Crippen LogP contribution in [-0.4, -0.2) is 47.8 Å². The van der Waals surface area contributed by atoms with Gasteiger partial charge in [-0.1, -0.05) is 53.2 Å². The van der Waals surface area contributed by atoms with Crippen molar-refractivity contribution >= 4 is 34.3 Å². The summed E-state index contributed by atoms with van der Waals surface area (Å²) < 4.78 is 5.91. The lowest BCUT2D eigenvalue weighted by Crippen LogP contribution is -2.46. The van der Waals surface area contributed by atoms with Gasteiger partial charge in [-0.3, -0.25) is 4.90 Å². The molecule has 0 radical (unpaired) electrons. The molecule has 1 N–H and O–H groups in total. The molecule has 6 nitrogen and oxygen atoms in total. The Bertz CT molecular complexity index is 1340. The first-order valence-electron chi connectivity index (χ1n) is 11.9. The van der Waals surface area contributed by atoms with Crippen molar-refractivity contribution in [1.29, 1.82) is 0 Å². The van der Waals surface area contributed by atoms with Gasteiger partial charge in [-0.15, -0.1) is 0 Å². The van der Waals surface area contributed by atoms with Crippen LogP contribution in [0, 0.1) is 0 Å². The van der Waals surface area contributed by atoms with Gasteiger partial charge in [0.05, 0.1) is 5.69 Å².